The predicted molar refractivity (Wildman–Crippen MR) is 79.2 cm³/mol. The minimum absolute atomic E-state index is 0.182. The highest BCUT2D eigenvalue weighted by Crippen LogP contribution is 2.22. The average molecular weight is 301 g/mol. The van der Waals surface area contributed by atoms with E-state index in [0.717, 1.165) is 0 Å². The van der Waals surface area contributed by atoms with Crippen molar-refractivity contribution in [1.82, 2.24) is 9.62 Å². The van der Waals surface area contributed by atoms with Crippen LogP contribution in [0, 0.1) is 0 Å². The van der Waals surface area contributed by atoms with E-state index in [4.69, 9.17) is 10.5 Å². The third-order valence-corrected chi connectivity index (χ3v) is 4.36. The average Bonchev–Trinajstić information content (AvgIpc) is 2.36. The first kappa shape index (κ1) is 16.9. The first-order chi connectivity index (χ1) is 9.30. The number of methoxy groups -OCH3 is 1. The Hall–Kier alpha value is -1.15. The van der Waals surface area contributed by atoms with Gasteiger partial charge in [-0.3, -0.25) is 0 Å². The van der Waals surface area contributed by atoms with Crippen LogP contribution in [0.2, 0.25) is 0 Å². The summed E-state index contributed by atoms with van der Waals surface area (Å²) in [5.41, 5.74) is 6.27. The molecule has 0 saturated carbocycles. The fourth-order valence-corrected chi connectivity index (χ4v) is 3.28. The van der Waals surface area contributed by atoms with E-state index in [1.807, 2.05) is 25.9 Å². The molecule has 1 unspecified atom stereocenters. The van der Waals surface area contributed by atoms with Gasteiger partial charge in [0.05, 0.1) is 12.0 Å². The Morgan fingerprint density at radius 1 is 1.40 bits per heavy atom. The van der Waals surface area contributed by atoms with Gasteiger partial charge in [-0.15, -0.1) is 0 Å². The molecule has 20 heavy (non-hydrogen) atoms. The smallest absolute Gasteiger partial charge is 0.240 e. The number of sulfonamides is 1. The van der Waals surface area contributed by atoms with Crippen molar-refractivity contribution in [3.63, 3.8) is 0 Å². The van der Waals surface area contributed by atoms with Crippen molar-refractivity contribution in [3.05, 3.63) is 23.8 Å². The van der Waals surface area contributed by atoms with E-state index >= 15 is 0 Å². The second-order valence-electron chi connectivity index (χ2n) is 4.96. The summed E-state index contributed by atoms with van der Waals surface area (Å²) in [4.78, 5) is 2.12. The van der Waals surface area contributed by atoms with Crippen molar-refractivity contribution < 1.29 is 13.2 Å². The Kier molecular flexibility index (Phi) is 5.94. The van der Waals surface area contributed by atoms with Crippen LogP contribution in [0.5, 0.6) is 5.75 Å². The van der Waals surface area contributed by atoms with Gasteiger partial charge >= 0.3 is 0 Å². The van der Waals surface area contributed by atoms with Crippen LogP contribution in [0.25, 0.3) is 0 Å². The largest absolute Gasteiger partial charge is 0.496 e. The summed E-state index contributed by atoms with van der Waals surface area (Å²) < 4.78 is 32.3. The third-order valence-electron chi connectivity index (χ3n) is 2.78. The van der Waals surface area contributed by atoms with Gasteiger partial charge in [0.25, 0.3) is 0 Å². The second-order valence-corrected chi connectivity index (χ2v) is 6.68. The number of ether oxygens (including phenoxy) is 1. The Labute approximate surface area is 121 Å². The van der Waals surface area contributed by atoms with Gasteiger partial charge in [0.1, 0.15) is 5.75 Å². The van der Waals surface area contributed by atoms with Gasteiger partial charge in [-0.2, -0.15) is 0 Å². The van der Waals surface area contributed by atoms with Gasteiger partial charge in [0.2, 0.25) is 10.0 Å². The number of hydrogen-bond acceptors (Lipinski definition) is 5. The highest BCUT2D eigenvalue weighted by atomic mass is 32.2. The van der Waals surface area contributed by atoms with E-state index in [1.165, 1.54) is 13.2 Å². The molecule has 1 aromatic carbocycles. The van der Waals surface area contributed by atoms with Crippen molar-refractivity contribution in [3.8, 4) is 5.75 Å². The number of benzene rings is 1. The molecular weight excluding hydrogens is 278 g/mol. The van der Waals surface area contributed by atoms with E-state index in [2.05, 4.69) is 4.72 Å². The van der Waals surface area contributed by atoms with Gasteiger partial charge in [0, 0.05) is 24.7 Å². The summed E-state index contributed by atoms with van der Waals surface area (Å²) in [6, 6.07) is 4.50. The van der Waals surface area contributed by atoms with Gasteiger partial charge < -0.3 is 15.4 Å². The molecular formula is C13H23N3O3S. The van der Waals surface area contributed by atoms with Crippen LogP contribution in [0.3, 0.4) is 0 Å². The molecule has 0 aliphatic carbocycles. The summed E-state index contributed by atoms with van der Waals surface area (Å²) in [6.45, 7) is 2.67. The van der Waals surface area contributed by atoms with Crippen molar-refractivity contribution in [1.29, 1.82) is 0 Å². The normalized spacial score (nSPS) is 13.5. The van der Waals surface area contributed by atoms with Crippen LogP contribution < -0.4 is 15.2 Å². The fourth-order valence-electron chi connectivity index (χ4n) is 2.00. The van der Waals surface area contributed by atoms with Crippen LogP contribution >= 0.6 is 0 Å². The van der Waals surface area contributed by atoms with Gasteiger partial charge in [-0.25, -0.2) is 13.1 Å². The molecule has 0 aromatic heterocycles. The predicted octanol–water partition coefficient (Wildman–Crippen LogP) is 0.382. The van der Waals surface area contributed by atoms with Gasteiger partial charge in [0.15, 0.2) is 0 Å². The highest BCUT2D eigenvalue weighted by molar-refractivity contribution is 7.89. The molecule has 0 bridgehead atoms. The third kappa shape index (κ3) is 4.45. The summed E-state index contributed by atoms with van der Waals surface area (Å²) in [7, 11) is 1.76. The molecule has 0 amide bonds. The Bertz CT molecular complexity index is 544. The van der Waals surface area contributed by atoms with Crippen LogP contribution in [-0.4, -0.2) is 47.1 Å². The van der Waals surface area contributed by atoms with E-state index in [0.29, 0.717) is 17.9 Å². The van der Waals surface area contributed by atoms with E-state index in [9.17, 15) is 8.42 Å². The number of nitrogens with one attached hydrogen (secondary N) is 1. The summed E-state index contributed by atoms with van der Waals surface area (Å²) in [6.07, 6.45) is 0. The number of nitrogens with two attached hydrogens (primary N) is 1. The topological polar surface area (TPSA) is 84.7 Å². The molecule has 1 atom stereocenters. The molecule has 3 N–H and O–H groups in total. The maximum Gasteiger partial charge on any atom is 0.240 e. The zero-order chi connectivity index (χ0) is 15.3. The first-order valence-electron chi connectivity index (χ1n) is 6.34. The zero-order valence-electron chi connectivity index (χ0n) is 12.4. The Morgan fingerprint density at radius 3 is 2.55 bits per heavy atom. The molecule has 0 aliphatic rings. The molecule has 0 radical (unpaired) electrons. The standard InChI is InChI=1S/C13H23N3O3S/c1-10(9-16(2)3)15-20(17,18)12-5-6-13(19-4)11(7-12)8-14/h5-7,10,15H,8-9,14H2,1-4H3. The lowest BCUT2D eigenvalue weighted by molar-refractivity contribution is 0.370. The van der Waals surface area contributed by atoms with E-state index in [1.54, 1.807) is 12.1 Å². The summed E-state index contributed by atoms with van der Waals surface area (Å²) in [5, 5.41) is 0. The number of rotatable bonds is 7. The Balaban J connectivity index is 2.98. The lowest BCUT2D eigenvalue weighted by Crippen LogP contribution is -2.39. The first-order valence-corrected chi connectivity index (χ1v) is 7.82. The Morgan fingerprint density at radius 2 is 2.05 bits per heavy atom. The summed E-state index contributed by atoms with van der Waals surface area (Å²) in [5.74, 6) is 0.591. The lowest BCUT2D eigenvalue weighted by atomic mass is 10.2. The molecule has 6 nitrogen and oxygen atoms in total. The lowest BCUT2D eigenvalue weighted by Gasteiger charge is -2.18. The number of likely N-dealkylation sites (N-methyl/N-ethyl adjacent to an activating group) is 1. The van der Waals surface area contributed by atoms with Gasteiger partial charge in [-0.05, 0) is 39.2 Å². The molecule has 0 saturated heterocycles. The van der Waals surface area contributed by atoms with Crippen molar-refractivity contribution in [2.45, 2.75) is 24.4 Å². The molecule has 0 spiro atoms. The fraction of sp³-hybridized carbons (Fsp3) is 0.538. The molecule has 7 heteroatoms. The van der Waals surface area contributed by atoms with Crippen LogP contribution in [0.4, 0.5) is 0 Å². The van der Waals surface area contributed by atoms with E-state index < -0.39 is 10.0 Å². The quantitative estimate of drug-likeness (QED) is 0.761. The highest BCUT2D eigenvalue weighted by Gasteiger charge is 2.19. The van der Waals surface area contributed by atoms with Crippen LogP contribution in [-0.2, 0) is 16.6 Å². The number of nitrogens with zero attached hydrogens (tertiary/aromatic N) is 1. The van der Waals surface area contributed by atoms with Crippen LogP contribution in [0.1, 0.15) is 12.5 Å². The summed E-state index contributed by atoms with van der Waals surface area (Å²) >= 11 is 0. The number of hydrogen-bond donors (Lipinski definition) is 2. The molecule has 1 aromatic rings. The minimum atomic E-state index is -3.55. The monoisotopic (exact) mass is 301 g/mol. The van der Waals surface area contributed by atoms with Gasteiger partial charge in [-0.1, -0.05) is 0 Å². The molecule has 0 heterocycles. The SMILES string of the molecule is COc1ccc(S(=O)(=O)NC(C)CN(C)C)cc1CN. The van der Waals surface area contributed by atoms with Crippen molar-refractivity contribution >= 4 is 10.0 Å². The second kappa shape index (κ2) is 7.03. The minimum Gasteiger partial charge on any atom is -0.496 e. The van der Waals surface area contributed by atoms with Crippen molar-refractivity contribution in [2.24, 2.45) is 5.73 Å². The maximum absolute atomic E-state index is 12.3. The molecule has 114 valence electrons. The maximum atomic E-state index is 12.3. The molecule has 0 fully saturated rings. The molecule has 1 rings (SSSR count). The van der Waals surface area contributed by atoms with Crippen molar-refractivity contribution in [2.75, 3.05) is 27.7 Å². The molecule has 0 aliphatic heterocycles. The zero-order valence-corrected chi connectivity index (χ0v) is 13.2. The van der Waals surface area contributed by atoms with Crippen LogP contribution in [0.15, 0.2) is 23.1 Å². The van der Waals surface area contributed by atoms with E-state index in [-0.39, 0.29) is 17.5 Å².